The van der Waals surface area contributed by atoms with E-state index in [-0.39, 0.29) is 19.6 Å². The Hall–Kier alpha value is -1.67. The average Bonchev–Trinajstić information content (AvgIpc) is 2.67. The van der Waals surface area contributed by atoms with Crippen LogP contribution in [-0.4, -0.2) is 55.1 Å². The third-order valence-electron chi connectivity index (χ3n) is 2.65. The molecular weight excluding hydrogens is 270 g/mol. The largest absolute Gasteiger partial charge is 0.465 e. The number of esters is 3. The normalized spacial score (nSPS) is 26.1. The lowest BCUT2D eigenvalue weighted by molar-refractivity contribution is -0.283. The van der Waals surface area contributed by atoms with Gasteiger partial charge in [-0.25, -0.2) is 9.63 Å². The molecule has 0 aromatic rings. The van der Waals surface area contributed by atoms with Crippen molar-refractivity contribution in [2.75, 3.05) is 20.3 Å². The quantitative estimate of drug-likeness (QED) is 0.516. The topological polar surface area (TPSA) is 91.4 Å². The Morgan fingerprint density at radius 2 is 1.85 bits per heavy atom. The number of nitrogens with zero attached hydrogens (tertiary/aromatic N) is 1. The first-order valence-corrected chi connectivity index (χ1v) is 6.31. The van der Waals surface area contributed by atoms with Crippen molar-refractivity contribution in [2.45, 2.75) is 39.0 Å². The minimum atomic E-state index is -1.94. The molecule has 0 N–H and O–H groups in total. The molecule has 0 amide bonds. The Balaban J connectivity index is 2.94. The highest BCUT2D eigenvalue weighted by Crippen LogP contribution is 2.33. The van der Waals surface area contributed by atoms with Crippen molar-refractivity contribution in [3.63, 3.8) is 0 Å². The highest BCUT2D eigenvalue weighted by atomic mass is 16.8. The second-order valence-electron chi connectivity index (χ2n) is 4.18. The van der Waals surface area contributed by atoms with Crippen LogP contribution in [0.2, 0.25) is 0 Å². The van der Waals surface area contributed by atoms with E-state index in [0.29, 0.717) is 0 Å². The van der Waals surface area contributed by atoms with Gasteiger partial charge in [0, 0.05) is 14.0 Å². The fraction of sp³-hybridized carbons (Fsp3) is 0.750. The minimum absolute atomic E-state index is 0.0962. The standard InChI is InChI=1S/C12H19NO7/c1-5-17-10(15)9-7-12(19-8(3)14,20-13(9)4)11(16)18-6-2/h9H,5-7H2,1-4H3/t9-,12-/m0/s1. The fourth-order valence-corrected chi connectivity index (χ4v) is 1.88. The number of likely N-dealkylation sites (N-methyl/N-ethyl adjacent to an activating group) is 1. The molecule has 8 heteroatoms. The van der Waals surface area contributed by atoms with E-state index in [1.54, 1.807) is 13.8 Å². The van der Waals surface area contributed by atoms with Gasteiger partial charge in [-0.15, -0.1) is 0 Å². The number of carbonyl (C=O) groups is 3. The number of hydrogen-bond acceptors (Lipinski definition) is 8. The van der Waals surface area contributed by atoms with E-state index in [2.05, 4.69) is 0 Å². The first-order valence-electron chi connectivity index (χ1n) is 6.31. The van der Waals surface area contributed by atoms with Crippen LogP contribution in [0.25, 0.3) is 0 Å². The predicted octanol–water partition coefficient (Wildman–Crippen LogP) is 0.00770. The van der Waals surface area contributed by atoms with Crippen LogP contribution in [0.5, 0.6) is 0 Å². The molecule has 1 rings (SSSR count). The molecule has 2 atom stereocenters. The summed E-state index contributed by atoms with van der Waals surface area (Å²) < 4.78 is 14.7. The lowest BCUT2D eigenvalue weighted by Gasteiger charge is -2.24. The molecule has 0 bridgehead atoms. The van der Waals surface area contributed by atoms with Gasteiger partial charge in [-0.2, -0.15) is 5.06 Å². The SMILES string of the molecule is CCOC(=O)[C@@H]1C[C@@](OC(C)=O)(C(=O)OCC)ON1C. The Morgan fingerprint density at radius 3 is 2.35 bits per heavy atom. The molecule has 0 aromatic carbocycles. The first kappa shape index (κ1) is 16.4. The molecule has 1 heterocycles. The van der Waals surface area contributed by atoms with Crippen LogP contribution in [0.4, 0.5) is 0 Å². The lowest BCUT2D eigenvalue weighted by atomic mass is 10.1. The molecule has 0 aliphatic carbocycles. The molecule has 0 aromatic heterocycles. The van der Waals surface area contributed by atoms with E-state index in [0.717, 1.165) is 12.0 Å². The minimum Gasteiger partial charge on any atom is -0.465 e. The van der Waals surface area contributed by atoms with Gasteiger partial charge >= 0.3 is 23.7 Å². The van der Waals surface area contributed by atoms with Gasteiger partial charge in [0.05, 0.1) is 19.6 Å². The summed E-state index contributed by atoms with van der Waals surface area (Å²) >= 11 is 0. The molecule has 0 saturated carbocycles. The number of carbonyl (C=O) groups excluding carboxylic acids is 3. The van der Waals surface area contributed by atoms with Crippen LogP contribution in [-0.2, 0) is 33.4 Å². The van der Waals surface area contributed by atoms with Crippen molar-refractivity contribution < 1.29 is 33.4 Å². The van der Waals surface area contributed by atoms with Gasteiger partial charge in [0.25, 0.3) is 0 Å². The maximum Gasteiger partial charge on any atom is 0.381 e. The van der Waals surface area contributed by atoms with Crippen molar-refractivity contribution >= 4 is 17.9 Å². The van der Waals surface area contributed by atoms with E-state index in [1.807, 2.05) is 0 Å². The van der Waals surface area contributed by atoms with Crippen LogP contribution >= 0.6 is 0 Å². The number of hydroxylamine groups is 2. The summed E-state index contributed by atoms with van der Waals surface area (Å²) in [5.74, 6) is -4.06. The van der Waals surface area contributed by atoms with E-state index in [4.69, 9.17) is 19.0 Å². The maximum absolute atomic E-state index is 12.0. The van der Waals surface area contributed by atoms with Crippen molar-refractivity contribution in [1.82, 2.24) is 5.06 Å². The van der Waals surface area contributed by atoms with Gasteiger partial charge in [-0.3, -0.25) is 9.59 Å². The second-order valence-corrected chi connectivity index (χ2v) is 4.18. The van der Waals surface area contributed by atoms with Crippen molar-refractivity contribution in [2.24, 2.45) is 0 Å². The number of ether oxygens (including phenoxy) is 3. The third kappa shape index (κ3) is 3.45. The highest BCUT2D eigenvalue weighted by Gasteiger charge is 2.57. The Bertz CT molecular complexity index is 397. The Kier molecular flexibility index (Phi) is 5.46. The van der Waals surface area contributed by atoms with Crippen molar-refractivity contribution in [3.8, 4) is 0 Å². The molecule has 1 aliphatic heterocycles. The predicted molar refractivity (Wildman–Crippen MR) is 65.0 cm³/mol. The van der Waals surface area contributed by atoms with Crippen molar-refractivity contribution in [3.05, 3.63) is 0 Å². The monoisotopic (exact) mass is 289 g/mol. The van der Waals surface area contributed by atoms with Crippen LogP contribution in [0.1, 0.15) is 27.2 Å². The van der Waals surface area contributed by atoms with Gasteiger partial charge in [-0.05, 0) is 13.8 Å². The van der Waals surface area contributed by atoms with Gasteiger partial charge in [0.2, 0.25) is 0 Å². The van der Waals surface area contributed by atoms with Gasteiger partial charge < -0.3 is 14.2 Å². The second kappa shape index (κ2) is 6.67. The summed E-state index contributed by atoms with van der Waals surface area (Å²) in [5.41, 5.74) is 0. The van der Waals surface area contributed by atoms with E-state index in [1.165, 1.54) is 7.05 Å². The molecule has 114 valence electrons. The summed E-state index contributed by atoms with van der Waals surface area (Å²) in [4.78, 5) is 40.2. The molecule has 1 fully saturated rings. The number of hydrogen-bond donors (Lipinski definition) is 0. The number of rotatable bonds is 5. The van der Waals surface area contributed by atoms with Gasteiger partial charge in [0.15, 0.2) is 0 Å². The summed E-state index contributed by atoms with van der Waals surface area (Å²) in [5, 5.41) is 1.14. The highest BCUT2D eigenvalue weighted by molar-refractivity contribution is 5.84. The molecule has 0 radical (unpaired) electrons. The van der Waals surface area contributed by atoms with E-state index in [9.17, 15) is 14.4 Å². The summed E-state index contributed by atoms with van der Waals surface area (Å²) in [6, 6.07) is -0.848. The van der Waals surface area contributed by atoms with Crippen LogP contribution in [0.15, 0.2) is 0 Å². The maximum atomic E-state index is 12.0. The van der Waals surface area contributed by atoms with Gasteiger partial charge in [0.1, 0.15) is 6.04 Å². The molecule has 20 heavy (non-hydrogen) atoms. The molecule has 1 saturated heterocycles. The van der Waals surface area contributed by atoms with E-state index >= 15 is 0 Å². The average molecular weight is 289 g/mol. The zero-order chi connectivity index (χ0) is 15.3. The smallest absolute Gasteiger partial charge is 0.381 e. The Labute approximate surface area is 116 Å². The fourth-order valence-electron chi connectivity index (χ4n) is 1.88. The van der Waals surface area contributed by atoms with Crippen LogP contribution in [0, 0.1) is 0 Å². The van der Waals surface area contributed by atoms with Crippen LogP contribution in [0.3, 0.4) is 0 Å². The summed E-state index contributed by atoms with van der Waals surface area (Å²) in [7, 11) is 1.45. The molecule has 0 spiro atoms. The molecule has 1 aliphatic rings. The van der Waals surface area contributed by atoms with E-state index < -0.39 is 29.7 Å². The van der Waals surface area contributed by atoms with Crippen LogP contribution < -0.4 is 0 Å². The van der Waals surface area contributed by atoms with Crippen molar-refractivity contribution in [1.29, 1.82) is 0 Å². The zero-order valence-corrected chi connectivity index (χ0v) is 12.0. The Morgan fingerprint density at radius 1 is 1.25 bits per heavy atom. The molecule has 0 unspecified atom stereocenters. The first-order chi connectivity index (χ1) is 9.36. The van der Waals surface area contributed by atoms with Gasteiger partial charge in [-0.1, -0.05) is 0 Å². The lowest BCUT2D eigenvalue weighted by Crippen LogP contribution is -2.44. The zero-order valence-electron chi connectivity index (χ0n) is 12.0. The third-order valence-corrected chi connectivity index (χ3v) is 2.65. The molecule has 8 nitrogen and oxygen atoms in total. The molecular formula is C12H19NO7. The summed E-state index contributed by atoms with van der Waals surface area (Å²) in [6.45, 7) is 4.71. The summed E-state index contributed by atoms with van der Waals surface area (Å²) in [6.07, 6.45) is -0.180.